The molecule has 0 aliphatic heterocycles. The van der Waals surface area contributed by atoms with E-state index < -0.39 is 0 Å². The Kier molecular flexibility index (Phi) is 5.54. The zero-order chi connectivity index (χ0) is 17.0. The zero-order valence-electron chi connectivity index (χ0n) is 14.3. The van der Waals surface area contributed by atoms with E-state index in [1.807, 2.05) is 44.2 Å². The number of hydrogen-bond acceptors (Lipinski definition) is 3. The fraction of sp³-hybridized carbons (Fsp3) is 0.400. The van der Waals surface area contributed by atoms with Crippen LogP contribution in [0.15, 0.2) is 41.5 Å². The van der Waals surface area contributed by atoms with Gasteiger partial charge in [-0.25, -0.2) is 0 Å². The lowest BCUT2D eigenvalue weighted by molar-refractivity contribution is -0.120. The molecular formula is C20H24O3. The van der Waals surface area contributed by atoms with Crippen molar-refractivity contribution in [3.63, 3.8) is 0 Å². The number of ether oxygens (including phenoxy) is 1. The Morgan fingerprint density at radius 1 is 1.13 bits per heavy atom. The van der Waals surface area contributed by atoms with Crippen molar-refractivity contribution in [1.29, 1.82) is 0 Å². The smallest absolute Gasteiger partial charge is 0.171 e. The topological polar surface area (TPSA) is 43.4 Å². The number of benzene rings is 1. The molecule has 0 radical (unpaired) electrons. The molecule has 0 bridgehead atoms. The van der Waals surface area contributed by atoms with Crippen molar-refractivity contribution < 1.29 is 14.3 Å². The molecular weight excluding hydrogens is 288 g/mol. The standard InChI is InChI=1S/C20H24O3/c1-13(2)9-10-23-16-7-5-15(6-8-16)20-17(11-14(3)4)18(21)12-19(20)22/h5-9,14H,10-12H2,1-4H3. The minimum atomic E-state index is -0.0659. The molecule has 0 N–H and O–H groups in total. The summed E-state index contributed by atoms with van der Waals surface area (Å²) < 4.78 is 5.63. The summed E-state index contributed by atoms with van der Waals surface area (Å²) in [4.78, 5) is 24.3. The number of hydrogen-bond donors (Lipinski definition) is 0. The lowest BCUT2D eigenvalue weighted by Gasteiger charge is -2.09. The molecule has 1 aromatic carbocycles. The number of carbonyl (C=O) groups is 2. The van der Waals surface area contributed by atoms with E-state index in [1.165, 1.54) is 5.57 Å². The predicted octanol–water partition coefficient (Wildman–Crippen LogP) is 4.37. The minimum Gasteiger partial charge on any atom is -0.490 e. The average Bonchev–Trinajstić information content (AvgIpc) is 2.73. The Hall–Kier alpha value is -2.16. The maximum Gasteiger partial charge on any atom is 0.171 e. The first kappa shape index (κ1) is 17.2. The third-order valence-electron chi connectivity index (χ3n) is 3.74. The molecule has 0 saturated carbocycles. The lowest BCUT2D eigenvalue weighted by atomic mass is 9.95. The molecule has 0 aromatic heterocycles. The van der Waals surface area contributed by atoms with Crippen LogP contribution in [0.25, 0.3) is 5.57 Å². The summed E-state index contributed by atoms with van der Waals surface area (Å²) in [5, 5.41) is 0. The highest BCUT2D eigenvalue weighted by Gasteiger charge is 2.31. The fourth-order valence-corrected chi connectivity index (χ4v) is 2.63. The van der Waals surface area contributed by atoms with Gasteiger partial charge in [0.25, 0.3) is 0 Å². The summed E-state index contributed by atoms with van der Waals surface area (Å²) in [7, 11) is 0. The zero-order valence-corrected chi connectivity index (χ0v) is 14.3. The third-order valence-corrected chi connectivity index (χ3v) is 3.74. The second-order valence-corrected chi connectivity index (χ2v) is 6.59. The highest BCUT2D eigenvalue weighted by Crippen LogP contribution is 2.33. The van der Waals surface area contributed by atoms with E-state index in [0.717, 1.165) is 11.3 Å². The van der Waals surface area contributed by atoms with Crippen LogP contribution in [0.5, 0.6) is 5.75 Å². The molecule has 0 fully saturated rings. The van der Waals surface area contributed by atoms with Crippen LogP contribution in [0, 0.1) is 5.92 Å². The van der Waals surface area contributed by atoms with Crippen LogP contribution >= 0.6 is 0 Å². The van der Waals surface area contributed by atoms with Gasteiger partial charge in [0.05, 0.1) is 6.42 Å². The van der Waals surface area contributed by atoms with Gasteiger partial charge in [-0.1, -0.05) is 31.6 Å². The van der Waals surface area contributed by atoms with Crippen molar-refractivity contribution in [2.24, 2.45) is 5.92 Å². The van der Waals surface area contributed by atoms with Gasteiger partial charge in [0, 0.05) is 11.1 Å². The van der Waals surface area contributed by atoms with E-state index in [0.29, 0.717) is 30.1 Å². The van der Waals surface area contributed by atoms with Crippen LogP contribution in [0.2, 0.25) is 0 Å². The number of Topliss-reactive ketones (excluding diaryl/α,β-unsaturated/α-hetero) is 2. The molecule has 0 atom stereocenters. The summed E-state index contributed by atoms with van der Waals surface area (Å²) in [6.07, 6.45) is 2.67. The van der Waals surface area contributed by atoms with Gasteiger partial charge in [0.1, 0.15) is 12.4 Å². The monoisotopic (exact) mass is 312 g/mol. The molecule has 1 aliphatic carbocycles. The van der Waals surface area contributed by atoms with Crippen LogP contribution in [0.4, 0.5) is 0 Å². The maximum atomic E-state index is 12.2. The lowest BCUT2D eigenvalue weighted by Crippen LogP contribution is -2.00. The van der Waals surface area contributed by atoms with Crippen molar-refractivity contribution in [2.75, 3.05) is 6.61 Å². The van der Waals surface area contributed by atoms with Gasteiger partial charge in [0.15, 0.2) is 11.6 Å². The van der Waals surface area contributed by atoms with Crippen LogP contribution in [0.1, 0.15) is 46.1 Å². The van der Waals surface area contributed by atoms with Gasteiger partial charge in [-0.05, 0) is 50.0 Å². The van der Waals surface area contributed by atoms with E-state index in [9.17, 15) is 9.59 Å². The maximum absolute atomic E-state index is 12.2. The van der Waals surface area contributed by atoms with Gasteiger partial charge in [-0.3, -0.25) is 9.59 Å². The van der Waals surface area contributed by atoms with E-state index >= 15 is 0 Å². The second-order valence-electron chi connectivity index (χ2n) is 6.59. The third kappa shape index (κ3) is 4.41. The van der Waals surface area contributed by atoms with Crippen LogP contribution in [0.3, 0.4) is 0 Å². The molecule has 1 aromatic rings. The van der Waals surface area contributed by atoms with Crippen molar-refractivity contribution in [2.45, 2.75) is 40.5 Å². The fourth-order valence-electron chi connectivity index (χ4n) is 2.63. The van der Waals surface area contributed by atoms with E-state index in [2.05, 4.69) is 13.8 Å². The Morgan fingerprint density at radius 2 is 1.78 bits per heavy atom. The molecule has 0 saturated heterocycles. The van der Waals surface area contributed by atoms with Gasteiger partial charge < -0.3 is 4.74 Å². The van der Waals surface area contributed by atoms with Gasteiger partial charge in [0.2, 0.25) is 0 Å². The molecule has 0 heterocycles. The highest BCUT2D eigenvalue weighted by atomic mass is 16.5. The van der Waals surface area contributed by atoms with Crippen LogP contribution in [-0.4, -0.2) is 18.2 Å². The summed E-state index contributed by atoms with van der Waals surface area (Å²) >= 11 is 0. The number of carbonyl (C=O) groups excluding carboxylic acids is 2. The first-order valence-corrected chi connectivity index (χ1v) is 8.04. The number of ketones is 2. The molecule has 3 heteroatoms. The summed E-state index contributed by atoms with van der Waals surface area (Å²) in [5.74, 6) is 1.02. The van der Waals surface area contributed by atoms with Gasteiger partial charge >= 0.3 is 0 Å². The van der Waals surface area contributed by atoms with Crippen LogP contribution in [-0.2, 0) is 9.59 Å². The molecule has 0 amide bonds. The molecule has 23 heavy (non-hydrogen) atoms. The van der Waals surface area contributed by atoms with E-state index in [4.69, 9.17) is 4.74 Å². The van der Waals surface area contributed by atoms with E-state index in [1.54, 1.807) is 0 Å². The largest absolute Gasteiger partial charge is 0.490 e. The molecule has 3 nitrogen and oxygen atoms in total. The van der Waals surface area contributed by atoms with E-state index in [-0.39, 0.29) is 18.0 Å². The molecule has 0 spiro atoms. The van der Waals surface area contributed by atoms with Crippen molar-refractivity contribution >= 4 is 17.1 Å². The summed E-state index contributed by atoms with van der Waals surface area (Å²) in [6, 6.07) is 7.43. The Balaban J connectivity index is 2.22. The highest BCUT2D eigenvalue weighted by molar-refractivity contribution is 6.38. The van der Waals surface area contributed by atoms with Crippen molar-refractivity contribution in [1.82, 2.24) is 0 Å². The Morgan fingerprint density at radius 3 is 2.35 bits per heavy atom. The molecule has 1 aliphatic rings. The minimum absolute atomic E-state index is 0.0101. The first-order valence-electron chi connectivity index (χ1n) is 8.04. The van der Waals surface area contributed by atoms with Crippen LogP contribution < -0.4 is 4.74 Å². The first-order chi connectivity index (χ1) is 10.9. The number of allylic oxidation sites excluding steroid dienone is 3. The Labute approximate surface area is 138 Å². The van der Waals surface area contributed by atoms with Crippen molar-refractivity contribution in [3.8, 4) is 5.75 Å². The SMILES string of the molecule is CC(C)=CCOc1ccc(C2=C(CC(C)C)C(=O)CC2=O)cc1. The van der Waals surface area contributed by atoms with Crippen molar-refractivity contribution in [3.05, 3.63) is 47.1 Å². The average molecular weight is 312 g/mol. The summed E-state index contributed by atoms with van der Waals surface area (Å²) in [5.41, 5.74) is 3.30. The molecule has 2 rings (SSSR count). The van der Waals surface area contributed by atoms with Gasteiger partial charge in [-0.15, -0.1) is 0 Å². The quantitative estimate of drug-likeness (QED) is 0.578. The predicted molar refractivity (Wildman–Crippen MR) is 92.4 cm³/mol. The number of rotatable bonds is 6. The molecule has 0 unspecified atom stereocenters. The normalized spacial score (nSPS) is 14.7. The Bertz CT molecular complexity index is 657. The van der Waals surface area contributed by atoms with Gasteiger partial charge in [-0.2, -0.15) is 0 Å². The second kappa shape index (κ2) is 7.40. The summed E-state index contributed by atoms with van der Waals surface area (Å²) in [6.45, 7) is 8.69. The molecule has 122 valence electrons.